The van der Waals surface area contributed by atoms with Gasteiger partial charge >= 0.3 is 0 Å². The molecule has 88 valence electrons. The fourth-order valence-electron chi connectivity index (χ4n) is 6.74. The molecule has 0 saturated heterocycles. The van der Waals surface area contributed by atoms with Gasteiger partial charge in [0.05, 0.1) is 0 Å². The summed E-state index contributed by atoms with van der Waals surface area (Å²) in [6.45, 7) is 7.31. The molecular formula is C15H22O. The summed E-state index contributed by atoms with van der Waals surface area (Å²) < 4.78 is 0. The SMILES string of the molecule is C[C@@H]1CC(=O)[C@H]2C[C@@]3(C)[C@@H]4CC[C@@]1(C4)[C@@]23C. The first kappa shape index (κ1) is 9.67. The minimum atomic E-state index is 0.373. The van der Waals surface area contributed by atoms with Crippen molar-refractivity contribution in [3.05, 3.63) is 0 Å². The number of hydrogen-bond donors (Lipinski definition) is 0. The smallest absolute Gasteiger partial charge is 0.136 e. The molecule has 0 N–H and O–H groups in total. The van der Waals surface area contributed by atoms with Crippen LogP contribution in [0.5, 0.6) is 0 Å². The summed E-state index contributed by atoms with van der Waals surface area (Å²) >= 11 is 0. The average molecular weight is 218 g/mol. The zero-order valence-corrected chi connectivity index (χ0v) is 10.7. The number of Topliss-reactive ketones (excluding diaryl/α,β-unsaturated/α-hetero) is 1. The molecule has 0 aromatic carbocycles. The van der Waals surface area contributed by atoms with Crippen LogP contribution in [0.1, 0.15) is 52.9 Å². The Bertz CT molecular complexity index is 400. The second kappa shape index (κ2) is 2.28. The van der Waals surface area contributed by atoms with Gasteiger partial charge in [-0.2, -0.15) is 0 Å². The van der Waals surface area contributed by atoms with Gasteiger partial charge in [0.1, 0.15) is 5.78 Å². The van der Waals surface area contributed by atoms with Gasteiger partial charge in [0.2, 0.25) is 0 Å². The van der Waals surface area contributed by atoms with Crippen LogP contribution in [0.3, 0.4) is 0 Å². The van der Waals surface area contributed by atoms with Gasteiger partial charge in [-0.15, -0.1) is 0 Å². The Morgan fingerprint density at radius 1 is 1.25 bits per heavy atom. The van der Waals surface area contributed by atoms with Gasteiger partial charge in [-0.05, 0) is 53.8 Å². The molecule has 4 rings (SSSR count). The largest absolute Gasteiger partial charge is 0.299 e. The molecule has 2 bridgehead atoms. The molecule has 0 aromatic rings. The highest BCUT2D eigenvalue weighted by molar-refractivity contribution is 5.85. The van der Waals surface area contributed by atoms with Crippen molar-refractivity contribution in [2.24, 2.45) is 34.0 Å². The van der Waals surface area contributed by atoms with E-state index in [1.807, 2.05) is 0 Å². The van der Waals surface area contributed by atoms with Gasteiger partial charge in [-0.25, -0.2) is 0 Å². The predicted molar refractivity (Wildman–Crippen MR) is 62.9 cm³/mol. The average Bonchev–Trinajstić information content (AvgIpc) is 2.72. The van der Waals surface area contributed by atoms with Gasteiger partial charge in [0.25, 0.3) is 0 Å². The van der Waals surface area contributed by atoms with Crippen molar-refractivity contribution in [2.45, 2.75) is 52.9 Å². The number of ketones is 1. The second-order valence-corrected chi connectivity index (χ2v) is 7.54. The Hall–Kier alpha value is -0.330. The van der Waals surface area contributed by atoms with Crippen molar-refractivity contribution in [2.75, 3.05) is 0 Å². The molecule has 4 aliphatic carbocycles. The first-order valence-corrected chi connectivity index (χ1v) is 6.98. The highest BCUT2D eigenvalue weighted by Gasteiger charge is 2.81. The molecule has 16 heavy (non-hydrogen) atoms. The van der Waals surface area contributed by atoms with E-state index < -0.39 is 0 Å². The second-order valence-electron chi connectivity index (χ2n) is 7.54. The lowest BCUT2D eigenvalue weighted by atomic mass is 9.32. The van der Waals surface area contributed by atoms with Crippen LogP contribution in [0.4, 0.5) is 0 Å². The molecule has 0 amide bonds. The van der Waals surface area contributed by atoms with Crippen molar-refractivity contribution in [1.29, 1.82) is 0 Å². The molecule has 0 heterocycles. The minimum absolute atomic E-state index is 0.373. The van der Waals surface area contributed by atoms with Crippen LogP contribution in [0.2, 0.25) is 0 Å². The van der Waals surface area contributed by atoms with Crippen molar-refractivity contribution >= 4 is 5.78 Å². The van der Waals surface area contributed by atoms with Crippen molar-refractivity contribution < 1.29 is 4.79 Å². The molecule has 1 nitrogen and oxygen atoms in total. The van der Waals surface area contributed by atoms with Crippen LogP contribution < -0.4 is 0 Å². The number of carbonyl (C=O) groups is 1. The van der Waals surface area contributed by atoms with E-state index in [4.69, 9.17) is 0 Å². The highest BCUT2D eigenvalue weighted by atomic mass is 16.1. The Morgan fingerprint density at radius 3 is 2.75 bits per heavy atom. The molecule has 6 atom stereocenters. The minimum Gasteiger partial charge on any atom is -0.299 e. The maximum absolute atomic E-state index is 12.2. The molecular weight excluding hydrogens is 196 g/mol. The summed E-state index contributed by atoms with van der Waals surface area (Å²) in [6.07, 6.45) is 6.38. The van der Waals surface area contributed by atoms with Crippen LogP contribution in [-0.2, 0) is 4.79 Å². The molecule has 4 saturated carbocycles. The van der Waals surface area contributed by atoms with Crippen LogP contribution in [-0.4, -0.2) is 5.78 Å². The summed E-state index contributed by atoms with van der Waals surface area (Å²) in [5, 5.41) is 0. The van der Waals surface area contributed by atoms with Crippen molar-refractivity contribution in [3.8, 4) is 0 Å². The highest BCUT2D eigenvalue weighted by Crippen LogP contribution is 2.86. The lowest BCUT2D eigenvalue weighted by Crippen LogP contribution is -2.68. The van der Waals surface area contributed by atoms with E-state index in [0.29, 0.717) is 33.9 Å². The number of rotatable bonds is 0. The van der Waals surface area contributed by atoms with Gasteiger partial charge < -0.3 is 0 Å². The van der Waals surface area contributed by atoms with Crippen LogP contribution in [0.25, 0.3) is 0 Å². The molecule has 4 fully saturated rings. The van der Waals surface area contributed by atoms with Gasteiger partial charge in [-0.3, -0.25) is 4.79 Å². The van der Waals surface area contributed by atoms with Crippen LogP contribution in [0, 0.1) is 34.0 Å². The van der Waals surface area contributed by atoms with E-state index in [-0.39, 0.29) is 0 Å². The molecule has 1 heteroatoms. The van der Waals surface area contributed by atoms with Crippen molar-refractivity contribution in [1.82, 2.24) is 0 Å². The van der Waals surface area contributed by atoms with Gasteiger partial charge in [-0.1, -0.05) is 20.8 Å². The first-order chi connectivity index (χ1) is 7.46. The molecule has 0 radical (unpaired) electrons. The lowest BCUT2D eigenvalue weighted by Gasteiger charge is -2.70. The topological polar surface area (TPSA) is 17.1 Å². The molecule has 0 aliphatic heterocycles. The molecule has 0 aromatic heterocycles. The number of carbonyl (C=O) groups excluding carboxylic acids is 1. The monoisotopic (exact) mass is 218 g/mol. The fourth-order valence-corrected chi connectivity index (χ4v) is 6.74. The van der Waals surface area contributed by atoms with Gasteiger partial charge in [0.15, 0.2) is 0 Å². The quantitative estimate of drug-likeness (QED) is 0.609. The van der Waals surface area contributed by atoms with Gasteiger partial charge in [0, 0.05) is 12.3 Å². The third kappa shape index (κ3) is 0.616. The van der Waals surface area contributed by atoms with E-state index in [2.05, 4.69) is 20.8 Å². The molecule has 4 aliphatic rings. The summed E-state index contributed by atoms with van der Waals surface area (Å²) in [4.78, 5) is 12.2. The number of fused-ring (bicyclic) bond motifs is 2. The van der Waals surface area contributed by atoms with E-state index in [9.17, 15) is 4.79 Å². The summed E-state index contributed by atoms with van der Waals surface area (Å²) in [5.41, 5.74) is 1.43. The summed E-state index contributed by atoms with van der Waals surface area (Å²) in [6, 6.07) is 0. The van der Waals surface area contributed by atoms with E-state index in [1.165, 1.54) is 25.7 Å². The lowest BCUT2D eigenvalue weighted by molar-refractivity contribution is -0.225. The molecule has 0 unspecified atom stereocenters. The normalized spacial score (nSPS) is 66.7. The van der Waals surface area contributed by atoms with Crippen LogP contribution >= 0.6 is 0 Å². The number of hydrogen-bond acceptors (Lipinski definition) is 1. The Kier molecular flexibility index (Phi) is 1.38. The summed E-state index contributed by atoms with van der Waals surface area (Å²) in [7, 11) is 0. The molecule has 1 spiro atoms. The summed E-state index contributed by atoms with van der Waals surface area (Å²) in [5.74, 6) is 2.60. The zero-order valence-electron chi connectivity index (χ0n) is 10.7. The Balaban J connectivity index is 1.93. The maximum atomic E-state index is 12.2. The third-order valence-corrected chi connectivity index (χ3v) is 7.84. The maximum Gasteiger partial charge on any atom is 0.136 e. The van der Waals surface area contributed by atoms with Crippen molar-refractivity contribution in [3.63, 3.8) is 0 Å². The van der Waals surface area contributed by atoms with E-state index in [0.717, 1.165) is 12.3 Å². The van der Waals surface area contributed by atoms with Crippen LogP contribution in [0.15, 0.2) is 0 Å². The standard InChI is InChI=1S/C15H22O/c1-9-6-12(16)11-8-13(2)10-4-5-15(9,7-10)14(11,13)3/h9-11H,4-8H2,1-3H3/t9-,10-,11-,13+,14+,15+/m1/s1. The predicted octanol–water partition coefficient (Wildman–Crippen LogP) is 3.43. The zero-order chi connectivity index (χ0) is 11.3. The van der Waals surface area contributed by atoms with E-state index in [1.54, 1.807) is 0 Å². The Labute approximate surface area is 98.0 Å². The fraction of sp³-hybridized carbons (Fsp3) is 0.933. The third-order valence-electron chi connectivity index (χ3n) is 7.84. The Morgan fingerprint density at radius 2 is 2.00 bits per heavy atom. The first-order valence-electron chi connectivity index (χ1n) is 6.98. The van der Waals surface area contributed by atoms with E-state index >= 15 is 0 Å².